The van der Waals surface area contributed by atoms with Gasteiger partial charge in [0.1, 0.15) is 19.3 Å². The molecule has 2 unspecified atom stereocenters. The average Bonchev–Trinajstić information content (AvgIpc) is 3.70. The van der Waals surface area contributed by atoms with Crippen molar-refractivity contribution < 1.29 is 80.2 Å². The van der Waals surface area contributed by atoms with E-state index in [1.165, 1.54) is 167 Å². The van der Waals surface area contributed by atoms with Crippen molar-refractivity contribution in [2.75, 3.05) is 39.6 Å². The number of ether oxygens (including phenoxy) is 4. The first-order valence-corrected chi connectivity index (χ1v) is 39.5. The first-order chi connectivity index (χ1) is 42.9. The number of unbranched alkanes of at least 4 members (excludes halogenated alkanes) is 39. The van der Waals surface area contributed by atoms with Gasteiger partial charge in [-0.3, -0.25) is 37.3 Å². The summed E-state index contributed by atoms with van der Waals surface area (Å²) in [6.07, 6.45) is 47.3. The zero-order chi connectivity index (χ0) is 65.7. The molecule has 0 aliphatic carbocycles. The second-order valence-corrected chi connectivity index (χ2v) is 29.1. The minimum Gasteiger partial charge on any atom is -0.462 e. The minimum absolute atomic E-state index is 0.105. The summed E-state index contributed by atoms with van der Waals surface area (Å²) in [7, 11) is -9.90. The van der Waals surface area contributed by atoms with Crippen LogP contribution >= 0.6 is 15.6 Å². The number of hydrogen-bond acceptors (Lipinski definition) is 15. The van der Waals surface area contributed by atoms with Crippen molar-refractivity contribution in [1.29, 1.82) is 0 Å². The minimum atomic E-state index is -4.95. The molecule has 0 bridgehead atoms. The van der Waals surface area contributed by atoms with Crippen molar-refractivity contribution >= 4 is 39.5 Å². The van der Waals surface area contributed by atoms with Gasteiger partial charge in [-0.15, -0.1) is 0 Å². The van der Waals surface area contributed by atoms with Gasteiger partial charge in [0.2, 0.25) is 0 Å². The molecule has 17 nitrogen and oxygen atoms in total. The maximum absolute atomic E-state index is 13.0. The Morgan fingerprint density at radius 3 is 0.764 bits per heavy atom. The number of aliphatic hydroxyl groups is 1. The third-order valence-electron chi connectivity index (χ3n) is 16.2. The molecule has 0 amide bonds. The summed E-state index contributed by atoms with van der Waals surface area (Å²) in [5.74, 6) is -0.687. The Hall–Kier alpha value is -1.94. The largest absolute Gasteiger partial charge is 0.472 e. The zero-order valence-electron chi connectivity index (χ0n) is 57.7. The fraction of sp³-hybridized carbons (Fsp3) is 0.943. The first-order valence-electron chi connectivity index (χ1n) is 36.5. The van der Waals surface area contributed by atoms with Crippen molar-refractivity contribution in [2.24, 2.45) is 11.8 Å². The molecule has 89 heavy (non-hydrogen) atoms. The lowest BCUT2D eigenvalue weighted by Crippen LogP contribution is -2.30. The molecule has 0 aromatic heterocycles. The Bertz CT molecular complexity index is 1730. The number of rotatable bonds is 69. The van der Waals surface area contributed by atoms with Crippen molar-refractivity contribution in [3.05, 3.63) is 0 Å². The van der Waals surface area contributed by atoms with Gasteiger partial charge in [0.15, 0.2) is 12.2 Å². The molecule has 0 aromatic carbocycles. The number of carbonyl (C=O) groups is 4. The van der Waals surface area contributed by atoms with E-state index < -0.39 is 97.5 Å². The lowest BCUT2D eigenvalue weighted by molar-refractivity contribution is -0.161. The van der Waals surface area contributed by atoms with Gasteiger partial charge in [0.05, 0.1) is 26.4 Å². The maximum Gasteiger partial charge on any atom is 0.472 e. The number of phosphoric ester groups is 2. The molecule has 0 rings (SSSR count). The van der Waals surface area contributed by atoms with E-state index in [1.54, 1.807) is 0 Å². The number of carbonyl (C=O) groups excluding carboxylic acids is 4. The van der Waals surface area contributed by atoms with Crippen molar-refractivity contribution in [2.45, 2.75) is 374 Å². The molecular weight excluding hydrogens is 1170 g/mol. The molecule has 0 aliphatic heterocycles. The summed E-state index contributed by atoms with van der Waals surface area (Å²) in [6.45, 7) is 9.45. The molecule has 0 spiro atoms. The van der Waals surface area contributed by atoms with Crippen molar-refractivity contribution in [1.82, 2.24) is 0 Å². The Morgan fingerprint density at radius 1 is 0.303 bits per heavy atom. The van der Waals surface area contributed by atoms with Crippen LogP contribution in [0.4, 0.5) is 0 Å². The van der Waals surface area contributed by atoms with Gasteiger partial charge in [-0.05, 0) is 37.5 Å². The first kappa shape index (κ1) is 87.1. The van der Waals surface area contributed by atoms with Crippen LogP contribution in [-0.2, 0) is 65.4 Å². The van der Waals surface area contributed by atoms with Crippen LogP contribution in [0.2, 0.25) is 0 Å². The van der Waals surface area contributed by atoms with Gasteiger partial charge in [0.25, 0.3) is 0 Å². The number of esters is 4. The van der Waals surface area contributed by atoms with E-state index in [1.807, 2.05) is 0 Å². The maximum atomic E-state index is 13.0. The molecule has 0 saturated carbocycles. The summed E-state index contributed by atoms with van der Waals surface area (Å²) >= 11 is 0. The summed E-state index contributed by atoms with van der Waals surface area (Å²) < 4.78 is 68.2. The molecule has 0 heterocycles. The predicted octanol–water partition coefficient (Wildman–Crippen LogP) is 20.0. The summed E-state index contributed by atoms with van der Waals surface area (Å²) in [5, 5.41) is 10.6. The monoisotopic (exact) mass is 1310 g/mol. The normalized spacial score (nSPS) is 14.1. The molecule has 0 fully saturated rings. The van der Waals surface area contributed by atoms with Crippen LogP contribution in [0.3, 0.4) is 0 Å². The number of phosphoric acid groups is 2. The Kier molecular flexibility index (Phi) is 60.8. The zero-order valence-corrected chi connectivity index (χ0v) is 59.5. The van der Waals surface area contributed by atoms with Gasteiger partial charge in [-0.2, -0.15) is 0 Å². The van der Waals surface area contributed by atoms with Crippen LogP contribution in [0.25, 0.3) is 0 Å². The predicted molar refractivity (Wildman–Crippen MR) is 358 cm³/mol. The highest BCUT2D eigenvalue weighted by Crippen LogP contribution is 2.45. The lowest BCUT2D eigenvalue weighted by atomic mass is 10.0. The van der Waals surface area contributed by atoms with Gasteiger partial charge in [-0.1, -0.05) is 305 Å². The highest BCUT2D eigenvalue weighted by atomic mass is 31.2. The molecule has 0 aliphatic rings. The van der Waals surface area contributed by atoms with Gasteiger partial charge in [-0.25, -0.2) is 9.13 Å². The standard InChI is InChI=1S/C70H136O17P2/c1-7-9-11-13-15-17-19-20-21-22-23-24-25-31-35-43-49-55-70(75)86-65(58-80-67(72)52-46-40-33-30-27-26-28-32-38-44-50-62(3)4)60-84-88(76,77)82-56-64(71)57-83-89(78,79)85-61-66(59-81-68(73)53-47-41-37-36-39-45-51-63(5)6)87-69(74)54-48-42-34-29-18-16-14-12-10-8-2/h62-66,71H,7-61H2,1-6H3,(H,76,77)(H,78,79)/t64-,65-,66-/m1/s1. The van der Waals surface area contributed by atoms with Crippen LogP contribution < -0.4 is 0 Å². The molecule has 0 aromatic rings. The number of aliphatic hydroxyl groups excluding tert-OH is 1. The van der Waals surface area contributed by atoms with Crippen molar-refractivity contribution in [3.8, 4) is 0 Å². The fourth-order valence-electron chi connectivity index (χ4n) is 10.6. The van der Waals surface area contributed by atoms with Gasteiger partial charge >= 0.3 is 39.5 Å². The van der Waals surface area contributed by atoms with E-state index in [4.69, 9.17) is 37.0 Å². The lowest BCUT2D eigenvalue weighted by Gasteiger charge is -2.21. The second kappa shape index (κ2) is 62.2. The van der Waals surface area contributed by atoms with Gasteiger partial charge in [0, 0.05) is 25.7 Å². The summed E-state index contributed by atoms with van der Waals surface area (Å²) in [6, 6.07) is 0. The average molecular weight is 1310 g/mol. The second-order valence-electron chi connectivity index (χ2n) is 26.2. The molecule has 0 saturated heterocycles. The number of hydrogen-bond donors (Lipinski definition) is 3. The molecule has 528 valence electrons. The van der Waals surface area contributed by atoms with Crippen molar-refractivity contribution in [3.63, 3.8) is 0 Å². The van der Waals surface area contributed by atoms with Crippen LogP contribution in [0, 0.1) is 11.8 Å². The summed E-state index contributed by atoms with van der Waals surface area (Å²) in [4.78, 5) is 72.5. The van der Waals surface area contributed by atoms with E-state index in [0.29, 0.717) is 31.6 Å². The third-order valence-corrected chi connectivity index (χ3v) is 18.1. The van der Waals surface area contributed by atoms with E-state index in [-0.39, 0.29) is 25.7 Å². The molecule has 5 atom stereocenters. The fourth-order valence-corrected chi connectivity index (χ4v) is 12.2. The van der Waals surface area contributed by atoms with E-state index >= 15 is 0 Å². The molecule has 19 heteroatoms. The van der Waals surface area contributed by atoms with Crippen LogP contribution in [0.15, 0.2) is 0 Å². The third kappa shape index (κ3) is 64.6. The quantitative estimate of drug-likeness (QED) is 0.0222. The Labute approximate surface area is 543 Å². The topological polar surface area (TPSA) is 237 Å². The Balaban J connectivity index is 5.22. The van der Waals surface area contributed by atoms with Crippen LogP contribution in [-0.4, -0.2) is 96.7 Å². The molecular formula is C70H136O17P2. The molecule has 0 radical (unpaired) electrons. The van der Waals surface area contributed by atoms with E-state index in [2.05, 4.69) is 41.5 Å². The smallest absolute Gasteiger partial charge is 0.462 e. The highest BCUT2D eigenvalue weighted by molar-refractivity contribution is 7.47. The van der Waals surface area contributed by atoms with E-state index in [9.17, 15) is 43.2 Å². The van der Waals surface area contributed by atoms with E-state index in [0.717, 1.165) is 102 Å². The summed E-state index contributed by atoms with van der Waals surface area (Å²) in [5.41, 5.74) is 0. The van der Waals surface area contributed by atoms with Crippen LogP contribution in [0.1, 0.15) is 356 Å². The van der Waals surface area contributed by atoms with Crippen LogP contribution in [0.5, 0.6) is 0 Å². The Morgan fingerprint density at radius 2 is 0.517 bits per heavy atom. The van der Waals surface area contributed by atoms with Gasteiger partial charge < -0.3 is 33.8 Å². The highest BCUT2D eigenvalue weighted by Gasteiger charge is 2.30. The molecule has 3 N–H and O–H groups in total. The SMILES string of the molecule is CCCCCCCCCCCCCCCCCCCC(=O)O[C@H](COC(=O)CCCCCCCCCCCCC(C)C)COP(=O)(O)OC[C@@H](O)COP(=O)(O)OC[C@@H](COC(=O)CCCCCCCCC(C)C)OC(=O)CCCCCCCCCCCC.